The van der Waals surface area contributed by atoms with Gasteiger partial charge in [-0.3, -0.25) is 0 Å². The Labute approximate surface area is 103 Å². The van der Waals surface area contributed by atoms with Crippen LogP contribution in [0.3, 0.4) is 0 Å². The molecule has 0 aliphatic heterocycles. The summed E-state index contributed by atoms with van der Waals surface area (Å²) in [6.45, 7) is 6.17. The molecule has 0 saturated carbocycles. The molecule has 0 fully saturated rings. The lowest BCUT2D eigenvalue weighted by molar-refractivity contribution is 0.0214. The van der Waals surface area contributed by atoms with Gasteiger partial charge in [0.15, 0.2) is 0 Å². The van der Waals surface area contributed by atoms with Crippen LogP contribution in [0.5, 0.6) is 0 Å². The summed E-state index contributed by atoms with van der Waals surface area (Å²) in [5.74, 6) is 1.40. The number of aliphatic hydroxyl groups is 2. The van der Waals surface area contributed by atoms with E-state index in [2.05, 4.69) is 6.92 Å². The van der Waals surface area contributed by atoms with Gasteiger partial charge in [-0.1, -0.05) is 20.8 Å². The molecule has 1 aromatic heterocycles. The van der Waals surface area contributed by atoms with Gasteiger partial charge in [0.1, 0.15) is 5.76 Å². The van der Waals surface area contributed by atoms with Gasteiger partial charge < -0.3 is 14.6 Å². The second kappa shape index (κ2) is 6.82. The largest absolute Gasteiger partial charge is 0.469 e. The standard InChI is InChI=1S/C14H24O3/c1-4-12(9-15)14(16)11(3)8-10(2)13-6-5-7-17-13/h5-7,10-12,14-16H,4,8-9H2,1-3H3/t10-,11+,12+,14+/m1/s1. The third-order valence-corrected chi connectivity index (χ3v) is 3.58. The van der Waals surface area contributed by atoms with E-state index in [0.29, 0.717) is 5.92 Å². The van der Waals surface area contributed by atoms with E-state index < -0.39 is 6.10 Å². The molecule has 0 aliphatic carbocycles. The molecule has 0 saturated heterocycles. The lowest BCUT2D eigenvalue weighted by Crippen LogP contribution is -2.30. The van der Waals surface area contributed by atoms with Crippen molar-refractivity contribution >= 4 is 0 Å². The first-order valence-electron chi connectivity index (χ1n) is 6.42. The molecular weight excluding hydrogens is 216 g/mol. The van der Waals surface area contributed by atoms with Crippen LogP contribution < -0.4 is 0 Å². The summed E-state index contributed by atoms with van der Waals surface area (Å²) in [6, 6.07) is 3.85. The van der Waals surface area contributed by atoms with Crippen molar-refractivity contribution in [3.05, 3.63) is 24.2 Å². The van der Waals surface area contributed by atoms with E-state index in [1.807, 2.05) is 26.0 Å². The molecule has 98 valence electrons. The molecule has 3 heteroatoms. The Morgan fingerprint density at radius 2 is 2.06 bits per heavy atom. The van der Waals surface area contributed by atoms with Gasteiger partial charge in [0.2, 0.25) is 0 Å². The van der Waals surface area contributed by atoms with Crippen molar-refractivity contribution in [3.63, 3.8) is 0 Å². The molecule has 2 N–H and O–H groups in total. The third-order valence-electron chi connectivity index (χ3n) is 3.58. The Balaban J connectivity index is 2.50. The first kappa shape index (κ1) is 14.3. The fourth-order valence-electron chi connectivity index (χ4n) is 2.33. The van der Waals surface area contributed by atoms with Crippen molar-refractivity contribution < 1.29 is 14.6 Å². The maximum atomic E-state index is 10.1. The molecule has 0 aromatic carbocycles. The summed E-state index contributed by atoms with van der Waals surface area (Å²) in [7, 11) is 0. The normalized spacial score (nSPS) is 18.6. The maximum absolute atomic E-state index is 10.1. The van der Waals surface area contributed by atoms with Crippen LogP contribution >= 0.6 is 0 Å². The summed E-state index contributed by atoms with van der Waals surface area (Å²) >= 11 is 0. The number of furan rings is 1. The number of hydrogen-bond donors (Lipinski definition) is 2. The van der Waals surface area contributed by atoms with Crippen LogP contribution in [0.4, 0.5) is 0 Å². The molecule has 3 nitrogen and oxygen atoms in total. The van der Waals surface area contributed by atoms with Gasteiger partial charge in [-0.15, -0.1) is 0 Å². The highest BCUT2D eigenvalue weighted by molar-refractivity contribution is 5.04. The Hall–Kier alpha value is -0.800. The molecule has 4 atom stereocenters. The first-order valence-corrected chi connectivity index (χ1v) is 6.42. The summed E-state index contributed by atoms with van der Waals surface area (Å²) in [5.41, 5.74) is 0. The first-order chi connectivity index (χ1) is 8.10. The van der Waals surface area contributed by atoms with Gasteiger partial charge in [-0.2, -0.15) is 0 Å². The lowest BCUT2D eigenvalue weighted by atomic mass is 9.84. The molecule has 1 aromatic rings. The van der Waals surface area contributed by atoms with Crippen molar-refractivity contribution in [3.8, 4) is 0 Å². The Morgan fingerprint density at radius 3 is 2.53 bits per heavy atom. The Bertz CT molecular complexity index is 290. The summed E-state index contributed by atoms with van der Waals surface area (Å²) in [4.78, 5) is 0. The Morgan fingerprint density at radius 1 is 1.35 bits per heavy atom. The van der Waals surface area contributed by atoms with Gasteiger partial charge >= 0.3 is 0 Å². The minimum Gasteiger partial charge on any atom is -0.469 e. The van der Waals surface area contributed by atoms with Gasteiger partial charge in [-0.05, 0) is 30.9 Å². The van der Waals surface area contributed by atoms with Crippen molar-refractivity contribution in [2.45, 2.75) is 45.6 Å². The van der Waals surface area contributed by atoms with Crippen LogP contribution in [0.2, 0.25) is 0 Å². The molecule has 0 unspecified atom stereocenters. The van der Waals surface area contributed by atoms with E-state index in [1.54, 1.807) is 6.26 Å². The monoisotopic (exact) mass is 240 g/mol. The second-order valence-corrected chi connectivity index (χ2v) is 4.97. The van der Waals surface area contributed by atoms with E-state index in [0.717, 1.165) is 18.6 Å². The molecule has 0 aliphatic rings. The van der Waals surface area contributed by atoms with Gasteiger partial charge in [0.05, 0.1) is 12.4 Å². The smallest absolute Gasteiger partial charge is 0.106 e. The van der Waals surface area contributed by atoms with Crippen molar-refractivity contribution in [1.29, 1.82) is 0 Å². The highest BCUT2D eigenvalue weighted by Gasteiger charge is 2.25. The fraction of sp³-hybridized carbons (Fsp3) is 0.714. The van der Waals surface area contributed by atoms with Gasteiger partial charge in [0.25, 0.3) is 0 Å². The zero-order valence-corrected chi connectivity index (χ0v) is 11.0. The SMILES string of the molecule is CC[C@@H](CO)[C@@H](O)[C@@H](C)C[C@@H](C)c1ccco1. The minimum atomic E-state index is -0.442. The summed E-state index contributed by atoms with van der Waals surface area (Å²) in [5, 5.41) is 19.3. The molecule has 0 bridgehead atoms. The van der Waals surface area contributed by atoms with Crippen LogP contribution in [0.15, 0.2) is 22.8 Å². The zero-order chi connectivity index (χ0) is 12.8. The summed E-state index contributed by atoms with van der Waals surface area (Å²) < 4.78 is 5.36. The van der Waals surface area contributed by atoms with Gasteiger partial charge in [-0.25, -0.2) is 0 Å². The Kier molecular flexibility index (Phi) is 5.72. The average molecular weight is 240 g/mol. The molecular formula is C14H24O3. The maximum Gasteiger partial charge on any atom is 0.106 e. The van der Waals surface area contributed by atoms with Crippen LogP contribution in [-0.2, 0) is 0 Å². The van der Waals surface area contributed by atoms with Crippen LogP contribution in [0, 0.1) is 11.8 Å². The number of hydrogen-bond acceptors (Lipinski definition) is 3. The highest BCUT2D eigenvalue weighted by Crippen LogP contribution is 2.28. The van der Waals surface area contributed by atoms with Crippen molar-refractivity contribution in [2.75, 3.05) is 6.61 Å². The van der Waals surface area contributed by atoms with Crippen LogP contribution in [0.25, 0.3) is 0 Å². The van der Waals surface area contributed by atoms with E-state index in [-0.39, 0.29) is 18.4 Å². The molecule has 0 amide bonds. The quantitative estimate of drug-likeness (QED) is 0.770. The minimum absolute atomic E-state index is 0.0196. The topological polar surface area (TPSA) is 53.6 Å². The molecule has 1 heterocycles. The fourth-order valence-corrected chi connectivity index (χ4v) is 2.33. The van der Waals surface area contributed by atoms with E-state index in [4.69, 9.17) is 4.42 Å². The van der Waals surface area contributed by atoms with Crippen LogP contribution in [-0.4, -0.2) is 22.9 Å². The molecule has 0 spiro atoms. The lowest BCUT2D eigenvalue weighted by Gasteiger charge is -2.27. The third kappa shape index (κ3) is 3.86. The zero-order valence-electron chi connectivity index (χ0n) is 11.0. The predicted octanol–water partition coefficient (Wildman–Crippen LogP) is 2.79. The molecule has 0 radical (unpaired) electrons. The second-order valence-electron chi connectivity index (χ2n) is 4.97. The van der Waals surface area contributed by atoms with Crippen molar-refractivity contribution in [2.24, 2.45) is 11.8 Å². The van der Waals surface area contributed by atoms with E-state index >= 15 is 0 Å². The van der Waals surface area contributed by atoms with Crippen LogP contribution in [0.1, 0.15) is 45.3 Å². The predicted molar refractivity (Wildman–Crippen MR) is 67.8 cm³/mol. The molecule has 1 rings (SSSR count). The average Bonchev–Trinajstić information content (AvgIpc) is 2.83. The van der Waals surface area contributed by atoms with E-state index in [9.17, 15) is 10.2 Å². The number of rotatable bonds is 7. The van der Waals surface area contributed by atoms with Crippen molar-refractivity contribution in [1.82, 2.24) is 0 Å². The highest BCUT2D eigenvalue weighted by atomic mass is 16.3. The number of aliphatic hydroxyl groups excluding tert-OH is 2. The van der Waals surface area contributed by atoms with E-state index in [1.165, 1.54) is 0 Å². The summed E-state index contributed by atoms with van der Waals surface area (Å²) in [6.07, 6.45) is 2.90. The molecule has 17 heavy (non-hydrogen) atoms. The van der Waals surface area contributed by atoms with Gasteiger partial charge in [0, 0.05) is 18.4 Å².